The van der Waals surface area contributed by atoms with E-state index in [2.05, 4.69) is 33.0 Å². The molecule has 0 heterocycles. The zero-order valence-electron chi connectivity index (χ0n) is 6.46. The van der Waals surface area contributed by atoms with Crippen LogP contribution in [0.25, 0.3) is 0 Å². The Hall–Kier alpha value is -0.390. The molecule has 0 saturated heterocycles. The van der Waals surface area contributed by atoms with Gasteiger partial charge >= 0.3 is 0 Å². The van der Waals surface area contributed by atoms with Crippen molar-refractivity contribution in [2.24, 2.45) is 0 Å². The normalized spacial score (nSPS) is 10.1. The van der Waals surface area contributed by atoms with Crippen molar-refractivity contribution in [2.75, 3.05) is 6.61 Å². The van der Waals surface area contributed by atoms with E-state index in [-0.39, 0.29) is 16.9 Å². The van der Waals surface area contributed by atoms with Gasteiger partial charge in [0.1, 0.15) is 12.4 Å². The molecule has 0 saturated carbocycles. The zero-order chi connectivity index (χ0) is 9.84. The van der Waals surface area contributed by atoms with Gasteiger partial charge in [0.15, 0.2) is 5.78 Å². The number of hydrogen-bond acceptors (Lipinski definition) is 3. The van der Waals surface area contributed by atoms with Crippen molar-refractivity contribution >= 4 is 34.6 Å². The van der Waals surface area contributed by atoms with E-state index in [1.807, 2.05) is 0 Å². The number of benzene rings is 1. The van der Waals surface area contributed by atoms with Crippen LogP contribution in [0, 0.1) is 5.82 Å². The molecule has 0 aliphatic heterocycles. The second kappa shape index (κ2) is 4.74. The highest BCUT2D eigenvalue weighted by atomic mass is 79.9. The van der Waals surface area contributed by atoms with Crippen LogP contribution in [0.15, 0.2) is 22.7 Å². The van der Waals surface area contributed by atoms with E-state index in [9.17, 15) is 9.18 Å². The van der Waals surface area contributed by atoms with Gasteiger partial charge in [0.25, 0.3) is 0 Å². The van der Waals surface area contributed by atoms with Crippen LogP contribution in [0.4, 0.5) is 4.39 Å². The third-order valence-electron chi connectivity index (χ3n) is 1.44. The Labute approximate surface area is 88.8 Å². The topological polar surface area (TPSA) is 26.3 Å². The van der Waals surface area contributed by atoms with Crippen molar-refractivity contribution in [1.82, 2.24) is 0 Å². The quantitative estimate of drug-likeness (QED) is 0.516. The van der Waals surface area contributed by atoms with E-state index in [4.69, 9.17) is 0 Å². The number of halogens is 2. The smallest absolute Gasteiger partial charge is 0.189 e. The molecule has 0 bridgehead atoms. The Morgan fingerprint density at radius 1 is 1.62 bits per heavy atom. The van der Waals surface area contributed by atoms with Crippen molar-refractivity contribution in [2.45, 2.75) is 0 Å². The van der Waals surface area contributed by atoms with Gasteiger partial charge in [-0.05, 0) is 47.0 Å². The average Bonchev–Trinajstić information content (AvgIpc) is 2.10. The molecule has 0 N–H and O–H groups in total. The molecular weight excluding hydrogens is 259 g/mol. The lowest BCUT2D eigenvalue weighted by Gasteiger charge is -2.00. The molecule has 1 aromatic rings. The van der Waals surface area contributed by atoms with Crippen LogP contribution in [-0.4, -0.2) is 12.4 Å². The van der Waals surface area contributed by atoms with E-state index >= 15 is 0 Å². The lowest BCUT2D eigenvalue weighted by Crippen LogP contribution is -2.05. The van der Waals surface area contributed by atoms with Crippen LogP contribution in [-0.2, 0) is 4.18 Å². The number of hydrogen-bond donors (Lipinski definition) is 1. The summed E-state index contributed by atoms with van der Waals surface area (Å²) in [7, 11) is 0. The van der Waals surface area contributed by atoms with E-state index < -0.39 is 5.82 Å². The number of rotatable bonds is 3. The Kier molecular flexibility index (Phi) is 3.90. The van der Waals surface area contributed by atoms with Gasteiger partial charge in [0.2, 0.25) is 0 Å². The van der Waals surface area contributed by atoms with Crippen LogP contribution in [0.3, 0.4) is 0 Å². The summed E-state index contributed by atoms with van der Waals surface area (Å²) in [5.41, 5.74) is 0.391. The highest BCUT2D eigenvalue weighted by molar-refractivity contribution is 9.10. The average molecular weight is 265 g/mol. The summed E-state index contributed by atoms with van der Waals surface area (Å²) >= 11 is 6.43. The molecule has 70 valence electrons. The minimum Gasteiger partial charge on any atom is -0.310 e. The monoisotopic (exact) mass is 264 g/mol. The third kappa shape index (κ3) is 2.79. The molecule has 5 heteroatoms. The molecule has 13 heavy (non-hydrogen) atoms. The fraction of sp³-hybridized carbons (Fsp3) is 0.125. The second-order valence-corrected chi connectivity index (χ2v) is 3.44. The Morgan fingerprint density at radius 2 is 2.31 bits per heavy atom. The maximum Gasteiger partial charge on any atom is 0.189 e. The molecule has 0 spiro atoms. The predicted octanol–water partition coefficient (Wildman–Crippen LogP) is 2.63. The first-order valence-electron chi connectivity index (χ1n) is 3.39. The third-order valence-corrected chi connectivity index (χ3v) is 2.17. The summed E-state index contributed by atoms with van der Waals surface area (Å²) in [4.78, 5) is 11.2. The molecule has 1 rings (SSSR count). The predicted molar refractivity (Wildman–Crippen MR) is 53.4 cm³/mol. The van der Waals surface area contributed by atoms with Crippen LogP contribution < -0.4 is 0 Å². The minimum absolute atomic E-state index is 0.124. The minimum atomic E-state index is -0.400. The van der Waals surface area contributed by atoms with E-state index in [0.29, 0.717) is 5.56 Å². The lowest BCUT2D eigenvalue weighted by molar-refractivity contribution is 0.0937. The molecule has 2 nitrogen and oxygen atoms in total. The van der Waals surface area contributed by atoms with Crippen molar-refractivity contribution in [3.63, 3.8) is 0 Å². The first-order chi connectivity index (χ1) is 6.15. The Balaban J connectivity index is 2.90. The highest BCUT2D eigenvalue weighted by Gasteiger charge is 2.07. The second-order valence-electron chi connectivity index (χ2n) is 2.33. The van der Waals surface area contributed by atoms with Crippen LogP contribution >= 0.6 is 28.8 Å². The summed E-state index contributed by atoms with van der Waals surface area (Å²) in [6.07, 6.45) is 0. The molecule has 0 aliphatic rings. The maximum absolute atomic E-state index is 12.7. The first-order valence-corrected chi connectivity index (χ1v) is 4.55. The van der Waals surface area contributed by atoms with Crippen LogP contribution in [0.1, 0.15) is 10.4 Å². The molecule has 0 unspecified atom stereocenters. The molecule has 1 aromatic carbocycles. The fourth-order valence-corrected chi connectivity index (χ4v) is 1.31. The summed E-state index contributed by atoms with van der Waals surface area (Å²) in [6.45, 7) is -0.124. The summed E-state index contributed by atoms with van der Waals surface area (Å²) < 4.78 is 17.4. The Morgan fingerprint density at radius 3 is 2.85 bits per heavy atom. The molecular formula is C8H6BrFO2S. The summed E-state index contributed by atoms with van der Waals surface area (Å²) in [5.74, 6) is -0.640. The van der Waals surface area contributed by atoms with Gasteiger partial charge in [-0.1, -0.05) is 0 Å². The molecule has 0 fully saturated rings. The molecule has 0 amide bonds. The first kappa shape index (κ1) is 10.7. The van der Waals surface area contributed by atoms with Gasteiger partial charge < -0.3 is 4.18 Å². The molecule has 0 aromatic heterocycles. The summed E-state index contributed by atoms with van der Waals surface area (Å²) in [6, 6.07) is 4.02. The van der Waals surface area contributed by atoms with Crippen molar-refractivity contribution in [1.29, 1.82) is 0 Å². The zero-order valence-corrected chi connectivity index (χ0v) is 8.94. The maximum atomic E-state index is 12.7. The highest BCUT2D eigenvalue weighted by Crippen LogP contribution is 2.17. The number of ketones is 1. The van der Waals surface area contributed by atoms with Gasteiger partial charge in [-0.25, -0.2) is 4.39 Å². The van der Waals surface area contributed by atoms with E-state index in [0.717, 1.165) is 0 Å². The van der Waals surface area contributed by atoms with Gasteiger partial charge in [-0.15, -0.1) is 0 Å². The van der Waals surface area contributed by atoms with Gasteiger partial charge in [-0.3, -0.25) is 4.79 Å². The largest absolute Gasteiger partial charge is 0.310 e. The SMILES string of the molecule is O=C(COS)c1ccc(F)c(Br)c1. The molecule has 0 atom stereocenters. The van der Waals surface area contributed by atoms with E-state index in [1.165, 1.54) is 18.2 Å². The molecule has 0 radical (unpaired) electrons. The Bertz CT molecular complexity index is 330. The summed E-state index contributed by atoms with van der Waals surface area (Å²) in [5, 5.41) is 0. The number of carbonyl (C=O) groups excluding carboxylic acids is 1. The molecule has 0 aliphatic carbocycles. The number of thiol groups is 1. The number of carbonyl (C=O) groups is 1. The van der Waals surface area contributed by atoms with Crippen molar-refractivity contribution in [3.8, 4) is 0 Å². The van der Waals surface area contributed by atoms with E-state index in [1.54, 1.807) is 0 Å². The standard InChI is InChI=1S/C8H6BrFO2S/c9-6-3-5(1-2-7(6)10)8(11)4-12-13/h1-3,13H,4H2. The van der Waals surface area contributed by atoms with Crippen LogP contribution in [0.5, 0.6) is 0 Å². The van der Waals surface area contributed by atoms with Crippen molar-refractivity contribution in [3.05, 3.63) is 34.1 Å². The lowest BCUT2D eigenvalue weighted by atomic mass is 10.1. The van der Waals surface area contributed by atoms with Crippen molar-refractivity contribution < 1.29 is 13.4 Å². The van der Waals surface area contributed by atoms with Gasteiger partial charge in [0, 0.05) is 5.56 Å². The number of Topliss-reactive ketones (excluding diaryl/α,β-unsaturated/α-hetero) is 1. The van der Waals surface area contributed by atoms with Gasteiger partial charge in [0.05, 0.1) is 4.47 Å². The van der Waals surface area contributed by atoms with Crippen LogP contribution in [0.2, 0.25) is 0 Å². The van der Waals surface area contributed by atoms with Gasteiger partial charge in [-0.2, -0.15) is 0 Å². The fourth-order valence-electron chi connectivity index (χ4n) is 0.812.